The maximum absolute atomic E-state index is 2.89. The monoisotopic (exact) mass is 477 g/mol. The number of hydrogen-bond donors (Lipinski definition) is 0. The topological polar surface area (TPSA) is 16.2 Å². The van der Waals surface area contributed by atoms with E-state index in [4.69, 9.17) is 0 Å². The van der Waals surface area contributed by atoms with Gasteiger partial charge >= 0.3 is 0 Å². The van der Waals surface area contributed by atoms with Gasteiger partial charge in [-0.3, -0.25) is 14.7 Å². The van der Waals surface area contributed by atoms with Gasteiger partial charge in [0.2, 0.25) is 0 Å². The van der Waals surface area contributed by atoms with E-state index in [0.717, 1.165) is 5.92 Å². The lowest BCUT2D eigenvalue weighted by Gasteiger charge is -2.52. The van der Waals surface area contributed by atoms with Gasteiger partial charge in [0.1, 0.15) is 0 Å². The van der Waals surface area contributed by atoms with Crippen LogP contribution < -0.4 is 0 Å². The molecular formula is C29H59N5. The van der Waals surface area contributed by atoms with Crippen LogP contribution in [0.1, 0.15) is 81.1 Å². The van der Waals surface area contributed by atoms with E-state index in [9.17, 15) is 0 Å². The third-order valence-electron chi connectivity index (χ3n) is 10.2. The highest BCUT2D eigenvalue weighted by Crippen LogP contribution is 2.41. The first-order valence-electron chi connectivity index (χ1n) is 14.5. The molecule has 3 aliphatic rings. The molecule has 200 valence electrons. The van der Waals surface area contributed by atoms with E-state index in [2.05, 4.69) is 86.9 Å². The van der Waals surface area contributed by atoms with Gasteiger partial charge in [-0.1, -0.05) is 20.8 Å². The molecule has 5 heteroatoms. The second kappa shape index (κ2) is 11.5. The number of nitrogens with zero attached hydrogens (tertiary/aromatic N) is 5. The molecule has 1 unspecified atom stereocenters. The van der Waals surface area contributed by atoms with Crippen molar-refractivity contribution in [2.24, 2.45) is 11.3 Å². The van der Waals surface area contributed by atoms with Crippen molar-refractivity contribution < 1.29 is 0 Å². The maximum Gasteiger partial charge on any atom is 0.0183 e. The van der Waals surface area contributed by atoms with Crippen LogP contribution >= 0.6 is 0 Å². The fourth-order valence-corrected chi connectivity index (χ4v) is 6.61. The van der Waals surface area contributed by atoms with Gasteiger partial charge in [0.05, 0.1) is 0 Å². The summed E-state index contributed by atoms with van der Waals surface area (Å²) in [6.45, 7) is 33.4. The molecule has 0 aliphatic carbocycles. The van der Waals surface area contributed by atoms with Gasteiger partial charge in [-0.25, -0.2) is 0 Å². The van der Waals surface area contributed by atoms with E-state index >= 15 is 0 Å². The second-order valence-electron chi connectivity index (χ2n) is 13.8. The van der Waals surface area contributed by atoms with Gasteiger partial charge in [-0.2, -0.15) is 0 Å². The Hall–Kier alpha value is -0.200. The Labute approximate surface area is 213 Å². The minimum absolute atomic E-state index is 0.285. The van der Waals surface area contributed by atoms with Crippen LogP contribution in [0.4, 0.5) is 0 Å². The standard InChI is InChI=1S/C29H59N5/c1-10-31-15-19-33(20-16-31)28(6,7)12-14-29(8,34-21-17-32(18-22-34)25(2)3)13-11-27(4,5)26-23-30(9)24-26/h25-26H,10-24H2,1-9H3. The summed E-state index contributed by atoms with van der Waals surface area (Å²) in [5, 5.41) is 0. The molecule has 0 bridgehead atoms. The smallest absolute Gasteiger partial charge is 0.0183 e. The summed E-state index contributed by atoms with van der Waals surface area (Å²) in [7, 11) is 2.27. The zero-order valence-electron chi connectivity index (χ0n) is 24.5. The number of likely N-dealkylation sites (tertiary alicyclic amines) is 1. The lowest BCUT2D eigenvalue weighted by molar-refractivity contribution is -0.0173. The summed E-state index contributed by atoms with van der Waals surface area (Å²) < 4.78 is 0. The molecule has 1 atom stereocenters. The average Bonchev–Trinajstić information content (AvgIpc) is 2.79. The molecule has 0 spiro atoms. The SMILES string of the molecule is CCN1CCN(C(C)(C)CCC(C)(CCC(C)(C)C2CN(C)C2)N2CCN(C(C)C)CC2)CC1. The first-order chi connectivity index (χ1) is 15.9. The molecule has 3 rings (SSSR count). The summed E-state index contributed by atoms with van der Waals surface area (Å²) in [5.41, 5.74) is 1.03. The Balaban J connectivity index is 1.64. The molecule has 34 heavy (non-hydrogen) atoms. The molecule has 3 saturated heterocycles. The van der Waals surface area contributed by atoms with E-state index in [-0.39, 0.29) is 5.54 Å². The molecular weight excluding hydrogens is 418 g/mol. The quantitative estimate of drug-likeness (QED) is 0.439. The van der Waals surface area contributed by atoms with Crippen LogP contribution in [0.15, 0.2) is 0 Å². The van der Waals surface area contributed by atoms with Crippen LogP contribution in [0.5, 0.6) is 0 Å². The fraction of sp³-hybridized carbons (Fsp3) is 1.00. The van der Waals surface area contributed by atoms with E-state index in [1.807, 2.05) is 0 Å². The van der Waals surface area contributed by atoms with E-state index in [1.165, 1.54) is 97.7 Å². The molecule has 3 aliphatic heterocycles. The molecule has 0 aromatic rings. The number of piperazine rings is 2. The van der Waals surface area contributed by atoms with Crippen LogP contribution in [-0.4, -0.2) is 121 Å². The Morgan fingerprint density at radius 3 is 1.74 bits per heavy atom. The van der Waals surface area contributed by atoms with E-state index in [0.29, 0.717) is 17.0 Å². The van der Waals surface area contributed by atoms with E-state index < -0.39 is 0 Å². The van der Waals surface area contributed by atoms with Crippen molar-refractivity contribution in [1.29, 1.82) is 0 Å². The van der Waals surface area contributed by atoms with Gasteiger partial charge in [-0.05, 0) is 85.2 Å². The molecule has 0 saturated carbocycles. The Morgan fingerprint density at radius 1 is 0.706 bits per heavy atom. The predicted octanol–water partition coefficient (Wildman–Crippen LogP) is 4.34. The van der Waals surface area contributed by atoms with Crippen LogP contribution in [0.3, 0.4) is 0 Å². The summed E-state index contributed by atoms with van der Waals surface area (Å²) >= 11 is 0. The number of likely N-dealkylation sites (N-methyl/N-ethyl adjacent to an activating group) is 1. The van der Waals surface area contributed by atoms with Gasteiger partial charge < -0.3 is 9.80 Å². The third kappa shape index (κ3) is 6.97. The molecule has 5 nitrogen and oxygen atoms in total. The minimum Gasteiger partial charge on any atom is -0.306 e. The van der Waals surface area contributed by atoms with Crippen LogP contribution in [0.25, 0.3) is 0 Å². The molecule has 0 amide bonds. The average molecular weight is 478 g/mol. The van der Waals surface area contributed by atoms with Crippen molar-refractivity contribution in [3.8, 4) is 0 Å². The Morgan fingerprint density at radius 2 is 1.24 bits per heavy atom. The predicted molar refractivity (Wildman–Crippen MR) is 148 cm³/mol. The first-order valence-corrected chi connectivity index (χ1v) is 14.5. The molecule has 3 heterocycles. The van der Waals surface area contributed by atoms with Gasteiger partial charge in [-0.15, -0.1) is 0 Å². The largest absolute Gasteiger partial charge is 0.306 e. The number of hydrogen-bond acceptors (Lipinski definition) is 5. The fourth-order valence-electron chi connectivity index (χ4n) is 6.61. The highest BCUT2D eigenvalue weighted by Gasteiger charge is 2.42. The van der Waals surface area contributed by atoms with Gasteiger partial charge in [0, 0.05) is 82.6 Å². The van der Waals surface area contributed by atoms with Crippen LogP contribution in [0.2, 0.25) is 0 Å². The molecule has 0 N–H and O–H groups in total. The summed E-state index contributed by atoms with van der Waals surface area (Å²) in [6, 6.07) is 0.670. The summed E-state index contributed by atoms with van der Waals surface area (Å²) in [6.07, 6.45) is 5.30. The highest BCUT2D eigenvalue weighted by molar-refractivity contribution is 4.97. The summed E-state index contributed by atoms with van der Waals surface area (Å²) in [4.78, 5) is 13.4. The first kappa shape index (κ1) is 28.4. The number of rotatable bonds is 11. The van der Waals surface area contributed by atoms with Crippen molar-refractivity contribution in [3.05, 3.63) is 0 Å². The normalized spacial score (nSPS) is 25.6. The maximum atomic E-state index is 2.89. The Kier molecular flexibility index (Phi) is 9.56. The lowest BCUT2D eigenvalue weighted by atomic mass is 9.69. The van der Waals surface area contributed by atoms with Crippen LogP contribution in [-0.2, 0) is 0 Å². The van der Waals surface area contributed by atoms with Crippen molar-refractivity contribution >= 4 is 0 Å². The third-order valence-corrected chi connectivity index (χ3v) is 10.2. The molecule has 0 aromatic heterocycles. The molecule has 0 radical (unpaired) electrons. The zero-order valence-corrected chi connectivity index (χ0v) is 24.5. The molecule has 3 fully saturated rings. The van der Waals surface area contributed by atoms with Crippen molar-refractivity contribution in [3.63, 3.8) is 0 Å². The second-order valence-corrected chi connectivity index (χ2v) is 13.8. The van der Waals surface area contributed by atoms with Crippen molar-refractivity contribution in [2.75, 3.05) is 79.0 Å². The van der Waals surface area contributed by atoms with E-state index in [1.54, 1.807) is 0 Å². The van der Waals surface area contributed by atoms with Crippen molar-refractivity contribution in [1.82, 2.24) is 24.5 Å². The molecule has 0 aromatic carbocycles. The minimum atomic E-state index is 0.285. The highest BCUT2D eigenvalue weighted by atomic mass is 15.3. The Bertz CT molecular complexity index is 610. The summed E-state index contributed by atoms with van der Waals surface area (Å²) in [5.74, 6) is 0.867. The van der Waals surface area contributed by atoms with Crippen LogP contribution in [0, 0.1) is 11.3 Å². The zero-order chi connectivity index (χ0) is 25.1. The lowest BCUT2D eigenvalue weighted by Crippen LogP contribution is -2.59. The van der Waals surface area contributed by atoms with Gasteiger partial charge in [0.25, 0.3) is 0 Å². The van der Waals surface area contributed by atoms with Gasteiger partial charge in [0.15, 0.2) is 0 Å². The van der Waals surface area contributed by atoms with Crippen molar-refractivity contribution in [2.45, 2.75) is 98.2 Å².